The van der Waals surface area contributed by atoms with E-state index in [9.17, 15) is 9.59 Å². The monoisotopic (exact) mass is 324 g/mol. The Labute approximate surface area is 140 Å². The molecule has 0 aromatic carbocycles. The van der Waals surface area contributed by atoms with Crippen LogP contribution in [-0.2, 0) is 19.1 Å². The molecule has 4 atom stereocenters. The van der Waals surface area contributed by atoms with E-state index >= 15 is 0 Å². The number of carbonyl (C=O) groups excluding carboxylic acids is 2. The lowest BCUT2D eigenvalue weighted by Gasteiger charge is -2.33. The normalized spacial score (nSPS) is 31.4. The van der Waals surface area contributed by atoms with Crippen LogP contribution in [0.1, 0.15) is 78.1 Å². The summed E-state index contributed by atoms with van der Waals surface area (Å²) >= 11 is 0. The summed E-state index contributed by atoms with van der Waals surface area (Å²) < 4.78 is 11.2. The minimum Gasteiger partial charge on any atom is -0.465 e. The first-order valence-corrected chi connectivity index (χ1v) is 9.50. The van der Waals surface area contributed by atoms with E-state index in [0.29, 0.717) is 12.5 Å². The van der Waals surface area contributed by atoms with Crippen LogP contribution in [0.2, 0.25) is 0 Å². The van der Waals surface area contributed by atoms with Crippen LogP contribution in [-0.4, -0.2) is 24.6 Å². The van der Waals surface area contributed by atoms with Crippen molar-refractivity contribution in [2.24, 2.45) is 17.8 Å². The summed E-state index contributed by atoms with van der Waals surface area (Å²) in [5.74, 6) is -0.525. The first-order chi connectivity index (χ1) is 11.1. The summed E-state index contributed by atoms with van der Waals surface area (Å²) in [7, 11) is 0. The van der Waals surface area contributed by atoms with Crippen LogP contribution in [0, 0.1) is 17.8 Å². The molecule has 0 saturated heterocycles. The molecule has 4 heteroatoms. The van der Waals surface area contributed by atoms with E-state index in [1.807, 2.05) is 0 Å². The molecule has 0 radical (unpaired) electrons. The second kappa shape index (κ2) is 9.29. The smallest absolute Gasteiger partial charge is 0.310 e. The highest BCUT2D eigenvalue weighted by atomic mass is 16.5. The van der Waals surface area contributed by atoms with E-state index < -0.39 is 0 Å². The third kappa shape index (κ3) is 5.22. The van der Waals surface area contributed by atoms with Crippen LogP contribution < -0.4 is 0 Å². The predicted octanol–water partition coefficient (Wildman–Crippen LogP) is 4.26. The number of unbranched alkanes of at least 4 members (excludes halogenated alkanes) is 1. The minimum absolute atomic E-state index is 0.0370. The summed E-state index contributed by atoms with van der Waals surface area (Å²) in [5.41, 5.74) is 0. The van der Waals surface area contributed by atoms with Crippen molar-refractivity contribution in [3.05, 3.63) is 0 Å². The number of ether oxygens (including phenoxy) is 2. The maximum atomic E-state index is 12.6. The Kier molecular flexibility index (Phi) is 7.38. The summed E-state index contributed by atoms with van der Waals surface area (Å²) in [6.07, 6.45) is 9.89. The molecule has 0 aliphatic heterocycles. The van der Waals surface area contributed by atoms with Gasteiger partial charge in [0.15, 0.2) is 0 Å². The lowest BCUT2D eigenvalue weighted by molar-refractivity contribution is -0.168. The first-order valence-electron chi connectivity index (χ1n) is 9.50. The first kappa shape index (κ1) is 18.3. The highest BCUT2D eigenvalue weighted by molar-refractivity contribution is 5.82. The number of hydrogen-bond donors (Lipinski definition) is 0. The van der Waals surface area contributed by atoms with Crippen molar-refractivity contribution in [3.63, 3.8) is 0 Å². The van der Waals surface area contributed by atoms with Gasteiger partial charge in [-0.1, -0.05) is 39.5 Å². The fourth-order valence-corrected chi connectivity index (χ4v) is 3.81. The van der Waals surface area contributed by atoms with Gasteiger partial charge in [-0.2, -0.15) is 0 Å². The van der Waals surface area contributed by atoms with Crippen LogP contribution in [0.4, 0.5) is 0 Å². The highest BCUT2D eigenvalue weighted by Crippen LogP contribution is 2.34. The zero-order valence-electron chi connectivity index (χ0n) is 14.7. The molecule has 0 N–H and O–H groups in total. The van der Waals surface area contributed by atoms with E-state index in [1.54, 1.807) is 0 Å². The van der Waals surface area contributed by atoms with Crippen molar-refractivity contribution in [1.82, 2.24) is 0 Å². The molecule has 4 nitrogen and oxygen atoms in total. The van der Waals surface area contributed by atoms with Crippen LogP contribution in [0.5, 0.6) is 0 Å². The molecule has 2 aliphatic rings. The van der Waals surface area contributed by atoms with E-state index in [2.05, 4.69) is 13.8 Å². The SMILES string of the molecule is CCCCOC(=O)C1CCCCC1C(=O)OC1CCCCC1C. The molecule has 0 aromatic heterocycles. The molecule has 2 rings (SSSR count). The summed E-state index contributed by atoms with van der Waals surface area (Å²) in [5, 5.41) is 0. The lowest BCUT2D eigenvalue weighted by Crippen LogP contribution is -2.38. The van der Waals surface area contributed by atoms with Gasteiger partial charge in [0.1, 0.15) is 6.10 Å². The Balaban J connectivity index is 1.91. The van der Waals surface area contributed by atoms with E-state index in [4.69, 9.17) is 9.47 Å². The molecule has 0 spiro atoms. The number of carbonyl (C=O) groups is 2. The molecule has 0 heterocycles. The maximum Gasteiger partial charge on any atom is 0.310 e. The van der Waals surface area contributed by atoms with Gasteiger partial charge in [-0.3, -0.25) is 9.59 Å². The number of esters is 2. The number of rotatable bonds is 6. The van der Waals surface area contributed by atoms with E-state index in [1.165, 1.54) is 6.42 Å². The van der Waals surface area contributed by atoms with E-state index in [-0.39, 0.29) is 29.9 Å². The van der Waals surface area contributed by atoms with Gasteiger partial charge < -0.3 is 9.47 Å². The molecule has 2 aliphatic carbocycles. The Morgan fingerprint density at radius 2 is 1.52 bits per heavy atom. The van der Waals surface area contributed by atoms with Gasteiger partial charge >= 0.3 is 11.9 Å². The molecular formula is C19H32O4. The van der Waals surface area contributed by atoms with Crippen molar-refractivity contribution >= 4 is 11.9 Å². The molecular weight excluding hydrogens is 292 g/mol. The lowest BCUT2D eigenvalue weighted by atomic mass is 9.79. The quantitative estimate of drug-likeness (QED) is 0.541. The van der Waals surface area contributed by atoms with Crippen LogP contribution >= 0.6 is 0 Å². The van der Waals surface area contributed by atoms with Crippen molar-refractivity contribution in [2.75, 3.05) is 6.61 Å². The van der Waals surface area contributed by atoms with Gasteiger partial charge in [-0.15, -0.1) is 0 Å². The third-order valence-corrected chi connectivity index (χ3v) is 5.41. The topological polar surface area (TPSA) is 52.6 Å². The Bertz CT molecular complexity index is 393. The fourth-order valence-electron chi connectivity index (χ4n) is 3.81. The zero-order chi connectivity index (χ0) is 16.7. The van der Waals surface area contributed by atoms with Gasteiger partial charge in [0.25, 0.3) is 0 Å². The van der Waals surface area contributed by atoms with Gasteiger partial charge in [0.2, 0.25) is 0 Å². The standard InChI is InChI=1S/C19H32O4/c1-3-4-13-22-18(20)15-10-6-7-11-16(15)19(21)23-17-12-8-5-9-14(17)2/h14-17H,3-13H2,1-2H3. The average molecular weight is 324 g/mol. The Morgan fingerprint density at radius 3 is 2.17 bits per heavy atom. The van der Waals surface area contributed by atoms with Gasteiger partial charge in [0.05, 0.1) is 18.4 Å². The zero-order valence-corrected chi connectivity index (χ0v) is 14.7. The molecule has 0 aromatic rings. The third-order valence-electron chi connectivity index (χ3n) is 5.41. The predicted molar refractivity (Wildman–Crippen MR) is 88.8 cm³/mol. The van der Waals surface area contributed by atoms with Crippen molar-refractivity contribution in [3.8, 4) is 0 Å². The molecule has 4 unspecified atom stereocenters. The van der Waals surface area contributed by atoms with Crippen LogP contribution in [0.3, 0.4) is 0 Å². The summed E-state index contributed by atoms with van der Waals surface area (Å²) in [6, 6.07) is 0. The Hall–Kier alpha value is -1.06. The second-order valence-electron chi connectivity index (χ2n) is 7.26. The van der Waals surface area contributed by atoms with Gasteiger partial charge in [-0.05, 0) is 44.4 Å². The highest BCUT2D eigenvalue weighted by Gasteiger charge is 2.39. The number of hydrogen-bond acceptors (Lipinski definition) is 4. The summed E-state index contributed by atoms with van der Waals surface area (Å²) in [4.78, 5) is 24.9. The molecule has 2 fully saturated rings. The van der Waals surface area contributed by atoms with Crippen molar-refractivity contribution in [1.29, 1.82) is 0 Å². The molecule has 23 heavy (non-hydrogen) atoms. The van der Waals surface area contributed by atoms with Gasteiger partial charge in [-0.25, -0.2) is 0 Å². The second-order valence-corrected chi connectivity index (χ2v) is 7.26. The van der Waals surface area contributed by atoms with Crippen molar-refractivity contribution < 1.29 is 19.1 Å². The fraction of sp³-hybridized carbons (Fsp3) is 0.895. The van der Waals surface area contributed by atoms with Gasteiger partial charge in [0, 0.05) is 0 Å². The van der Waals surface area contributed by atoms with Crippen molar-refractivity contribution in [2.45, 2.75) is 84.2 Å². The molecule has 0 amide bonds. The molecule has 0 bridgehead atoms. The van der Waals surface area contributed by atoms with E-state index in [0.717, 1.165) is 57.8 Å². The molecule has 2 saturated carbocycles. The minimum atomic E-state index is -0.299. The maximum absolute atomic E-state index is 12.6. The largest absolute Gasteiger partial charge is 0.465 e. The van der Waals surface area contributed by atoms with Crippen LogP contribution in [0.25, 0.3) is 0 Å². The Morgan fingerprint density at radius 1 is 0.913 bits per heavy atom. The summed E-state index contributed by atoms with van der Waals surface area (Å²) in [6.45, 7) is 4.70. The molecule has 132 valence electrons. The average Bonchev–Trinajstić information content (AvgIpc) is 2.57. The van der Waals surface area contributed by atoms with Crippen LogP contribution in [0.15, 0.2) is 0 Å².